The summed E-state index contributed by atoms with van der Waals surface area (Å²) in [5.74, 6) is 0. The van der Waals surface area contributed by atoms with Crippen molar-refractivity contribution in [3.05, 3.63) is 54.4 Å². The van der Waals surface area contributed by atoms with Crippen LogP contribution in [0.25, 0.3) is 16.9 Å². The molecule has 0 aliphatic heterocycles. The van der Waals surface area contributed by atoms with E-state index in [2.05, 4.69) is 10.1 Å². The molecule has 0 saturated heterocycles. The van der Waals surface area contributed by atoms with Gasteiger partial charge in [0.2, 0.25) is 0 Å². The van der Waals surface area contributed by atoms with Gasteiger partial charge in [-0.25, -0.2) is 9.50 Å². The lowest BCUT2D eigenvalue weighted by atomic mass is 9.98. The lowest BCUT2D eigenvalue weighted by Crippen LogP contribution is -2.24. The predicted octanol–water partition coefficient (Wildman–Crippen LogP) is 1.78. The van der Waals surface area contributed by atoms with E-state index in [1.165, 1.54) is 0 Å². The Hall–Kier alpha value is -2.24. The molecule has 20 heavy (non-hydrogen) atoms. The normalized spacial score (nSPS) is 14.3. The van der Waals surface area contributed by atoms with Crippen molar-refractivity contribution in [2.45, 2.75) is 19.1 Å². The molecule has 102 valence electrons. The van der Waals surface area contributed by atoms with Crippen molar-refractivity contribution in [1.82, 2.24) is 14.6 Å². The number of hydrogen-bond acceptors (Lipinski definition) is 4. The van der Waals surface area contributed by atoms with Gasteiger partial charge >= 0.3 is 0 Å². The maximum atomic E-state index is 9.79. The minimum absolute atomic E-state index is 0.501. The first-order valence-electron chi connectivity index (χ1n) is 6.50. The second-order valence-corrected chi connectivity index (χ2v) is 4.81. The van der Waals surface area contributed by atoms with Crippen LogP contribution in [0.4, 0.5) is 0 Å². The van der Waals surface area contributed by atoms with Gasteiger partial charge in [0.05, 0.1) is 17.8 Å². The van der Waals surface area contributed by atoms with E-state index >= 15 is 0 Å². The van der Waals surface area contributed by atoms with E-state index in [4.69, 9.17) is 5.73 Å². The van der Waals surface area contributed by atoms with Gasteiger partial charge in [0.15, 0.2) is 5.65 Å². The zero-order chi connectivity index (χ0) is 14.1. The van der Waals surface area contributed by atoms with Crippen molar-refractivity contribution < 1.29 is 5.11 Å². The fourth-order valence-electron chi connectivity index (χ4n) is 2.20. The average Bonchev–Trinajstić information content (AvgIpc) is 2.93. The van der Waals surface area contributed by atoms with Crippen LogP contribution in [0.1, 0.15) is 18.5 Å². The Morgan fingerprint density at radius 3 is 2.70 bits per heavy atom. The van der Waals surface area contributed by atoms with Crippen molar-refractivity contribution in [1.29, 1.82) is 0 Å². The second kappa shape index (κ2) is 5.03. The molecule has 2 heterocycles. The van der Waals surface area contributed by atoms with E-state index in [1.807, 2.05) is 36.4 Å². The molecule has 3 aromatic rings. The molecule has 3 N–H and O–H groups in total. The number of aromatic nitrogens is 3. The summed E-state index contributed by atoms with van der Waals surface area (Å²) in [7, 11) is 0. The molecule has 0 radical (unpaired) electrons. The number of benzene rings is 1. The van der Waals surface area contributed by atoms with Crippen molar-refractivity contribution in [2.75, 3.05) is 0 Å². The van der Waals surface area contributed by atoms with E-state index in [0.29, 0.717) is 0 Å². The molecule has 0 aliphatic carbocycles. The third-order valence-electron chi connectivity index (χ3n) is 3.34. The molecule has 0 aliphatic rings. The summed E-state index contributed by atoms with van der Waals surface area (Å²) < 4.78 is 1.71. The first-order valence-corrected chi connectivity index (χ1v) is 6.50. The number of nitrogens with zero attached hydrogens (tertiary/aromatic N) is 3. The van der Waals surface area contributed by atoms with Crippen molar-refractivity contribution in [3.8, 4) is 11.3 Å². The number of nitrogens with two attached hydrogens (primary N) is 1. The van der Waals surface area contributed by atoms with Gasteiger partial charge in [0, 0.05) is 23.5 Å². The summed E-state index contributed by atoms with van der Waals surface area (Å²) in [6.45, 7) is 1.68. The Morgan fingerprint density at radius 1 is 1.25 bits per heavy atom. The minimum Gasteiger partial charge on any atom is -0.391 e. The van der Waals surface area contributed by atoms with Gasteiger partial charge in [0.25, 0.3) is 0 Å². The molecule has 0 unspecified atom stereocenters. The molecule has 3 rings (SSSR count). The van der Waals surface area contributed by atoms with Crippen LogP contribution in [0.3, 0.4) is 0 Å². The zero-order valence-electron chi connectivity index (χ0n) is 11.1. The van der Waals surface area contributed by atoms with E-state index < -0.39 is 12.1 Å². The standard InChI is InChI=1S/C15H16N4O/c1-10(20)14(16)12-9-13-17-7-8-19(13)18-15(12)11-5-3-2-4-6-11/h2-10,14,20H,16H2,1H3/t10-,14+/m1/s1. The highest BCUT2D eigenvalue weighted by molar-refractivity contribution is 5.65. The van der Waals surface area contributed by atoms with Gasteiger partial charge in [-0.3, -0.25) is 0 Å². The molecule has 2 atom stereocenters. The highest BCUT2D eigenvalue weighted by Crippen LogP contribution is 2.27. The largest absolute Gasteiger partial charge is 0.391 e. The number of aliphatic hydroxyl groups is 1. The third-order valence-corrected chi connectivity index (χ3v) is 3.34. The summed E-state index contributed by atoms with van der Waals surface area (Å²) >= 11 is 0. The average molecular weight is 268 g/mol. The summed E-state index contributed by atoms with van der Waals surface area (Å²) in [6, 6.07) is 11.2. The first-order chi connectivity index (χ1) is 9.66. The maximum Gasteiger partial charge on any atom is 0.153 e. The van der Waals surface area contributed by atoms with Gasteiger partial charge < -0.3 is 10.8 Å². The molecule has 2 aromatic heterocycles. The van der Waals surface area contributed by atoms with Crippen LogP contribution >= 0.6 is 0 Å². The van der Waals surface area contributed by atoms with Gasteiger partial charge in [-0.2, -0.15) is 5.10 Å². The number of aliphatic hydroxyl groups excluding tert-OH is 1. The van der Waals surface area contributed by atoms with Crippen LogP contribution in [0.15, 0.2) is 48.8 Å². The van der Waals surface area contributed by atoms with Crippen LogP contribution in [-0.4, -0.2) is 25.8 Å². The maximum absolute atomic E-state index is 9.79. The Kier molecular flexibility index (Phi) is 3.22. The summed E-state index contributed by atoms with van der Waals surface area (Å²) in [6.07, 6.45) is 2.82. The molecule has 0 bridgehead atoms. The number of hydrogen-bond donors (Lipinski definition) is 2. The minimum atomic E-state index is -0.656. The van der Waals surface area contributed by atoms with Crippen LogP contribution in [0.2, 0.25) is 0 Å². The van der Waals surface area contributed by atoms with E-state index in [1.54, 1.807) is 23.8 Å². The topological polar surface area (TPSA) is 76.4 Å². The Bertz CT molecular complexity index is 721. The number of rotatable bonds is 3. The fourth-order valence-corrected chi connectivity index (χ4v) is 2.20. The second-order valence-electron chi connectivity index (χ2n) is 4.81. The van der Waals surface area contributed by atoms with Gasteiger partial charge in [0.1, 0.15) is 0 Å². The molecule has 5 nitrogen and oxygen atoms in total. The molecule has 5 heteroatoms. The lowest BCUT2D eigenvalue weighted by molar-refractivity contribution is 0.164. The monoisotopic (exact) mass is 268 g/mol. The van der Waals surface area contributed by atoms with Crippen LogP contribution in [0, 0.1) is 0 Å². The Balaban J connectivity index is 2.24. The molecule has 0 fully saturated rings. The number of fused-ring (bicyclic) bond motifs is 1. The summed E-state index contributed by atoms with van der Waals surface area (Å²) in [5.41, 5.74) is 9.36. The highest BCUT2D eigenvalue weighted by atomic mass is 16.3. The van der Waals surface area contributed by atoms with Crippen LogP contribution in [0.5, 0.6) is 0 Å². The van der Waals surface area contributed by atoms with Crippen LogP contribution in [-0.2, 0) is 0 Å². The zero-order valence-corrected chi connectivity index (χ0v) is 11.1. The number of imidazole rings is 1. The smallest absolute Gasteiger partial charge is 0.153 e. The van der Waals surface area contributed by atoms with E-state index in [0.717, 1.165) is 22.5 Å². The van der Waals surface area contributed by atoms with Gasteiger partial charge in [-0.15, -0.1) is 0 Å². The van der Waals surface area contributed by atoms with Crippen LogP contribution < -0.4 is 5.73 Å². The highest BCUT2D eigenvalue weighted by Gasteiger charge is 2.19. The first kappa shape index (κ1) is 12.8. The van der Waals surface area contributed by atoms with Crippen molar-refractivity contribution in [3.63, 3.8) is 0 Å². The Labute approximate surface area is 116 Å². The van der Waals surface area contributed by atoms with Gasteiger partial charge in [-0.05, 0) is 13.0 Å². The van der Waals surface area contributed by atoms with E-state index in [9.17, 15) is 5.11 Å². The molecule has 1 aromatic carbocycles. The lowest BCUT2D eigenvalue weighted by Gasteiger charge is -2.18. The fraction of sp³-hybridized carbons (Fsp3) is 0.200. The van der Waals surface area contributed by atoms with Gasteiger partial charge in [-0.1, -0.05) is 30.3 Å². The Morgan fingerprint density at radius 2 is 2.00 bits per heavy atom. The summed E-state index contributed by atoms with van der Waals surface area (Å²) in [5, 5.41) is 14.4. The van der Waals surface area contributed by atoms with E-state index in [-0.39, 0.29) is 0 Å². The predicted molar refractivity (Wildman–Crippen MR) is 77.0 cm³/mol. The van der Waals surface area contributed by atoms with Crippen molar-refractivity contribution >= 4 is 5.65 Å². The third kappa shape index (κ3) is 2.17. The summed E-state index contributed by atoms with van der Waals surface area (Å²) in [4.78, 5) is 4.22. The SMILES string of the molecule is C[C@@H](O)[C@H](N)c1cc2nccn2nc1-c1ccccc1. The molecule has 0 spiro atoms. The molecular formula is C15H16N4O. The molecular weight excluding hydrogens is 252 g/mol. The molecule has 0 saturated carbocycles. The quantitative estimate of drug-likeness (QED) is 0.759. The van der Waals surface area contributed by atoms with Crippen molar-refractivity contribution in [2.24, 2.45) is 5.73 Å². The molecule has 0 amide bonds.